The molecule has 3 heterocycles. The van der Waals surface area contributed by atoms with Crippen molar-refractivity contribution in [1.82, 2.24) is 20.3 Å². The topological polar surface area (TPSA) is 109 Å². The fraction of sp³-hybridized carbons (Fsp3) is 0.417. The van der Waals surface area contributed by atoms with Crippen molar-refractivity contribution in [2.45, 2.75) is 17.2 Å². The molecule has 21 heavy (non-hydrogen) atoms. The number of hydrogen-bond donors (Lipinski definition) is 1. The zero-order valence-corrected chi connectivity index (χ0v) is 12.1. The van der Waals surface area contributed by atoms with Crippen LogP contribution in [0.4, 0.5) is 0 Å². The number of nitrogens with one attached hydrogen (secondary N) is 1. The van der Waals surface area contributed by atoms with Crippen LogP contribution in [-0.2, 0) is 9.84 Å². The van der Waals surface area contributed by atoms with Crippen LogP contribution < -0.4 is 0 Å². The van der Waals surface area contributed by atoms with Crippen molar-refractivity contribution in [3.05, 3.63) is 29.9 Å². The first-order valence-electron chi connectivity index (χ1n) is 6.40. The molecule has 1 fully saturated rings. The highest BCUT2D eigenvalue weighted by Gasteiger charge is 2.33. The number of hydrogen-bond acceptors (Lipinski definition) is 6. The lowest BCUT2D eigenvalue weighted by atomic mass is 10.1. The lowest BCUT2D eigenvalue weighted by Gasteiger charge is -2.14. The van der Waals surface area contributed by atoms with Crippen LogP contribution in [0.3, 0.4) is 0 Å². The average molecular weight is 310 g/mol. The summed E-state index contributed by atoms with van der Waals surface area (Å²) in [6.07, 6.45) is 4.54. The molecular formula is C12H14N4O4S. The van der Waals surface area contributed by atoms with E-state index in [0.717, 1.165) is 6.26 Å². The normalized spacial score (nSPS) is 19.1. The Hall–Kier alpha value is -2.16. The number of likely N-dealkylation sites (tertiary alicyclic amines) is 1. The van der Waals surface area contributed by atoms with Crippen molar-refractivity contribution < 1.29 is 17.7 Å². The Morgan fingerprint density at radius 3 is 3.00 bits per heavy atom. The van der Waals surface area contributed by atoms with Gasteiger partial charge < -0.3 is 9.42 Å². The Labute approximate surface area is 121 Å². The third-order valence-corrected chi connectivity index (χ3v) is 4.69. The minimum absolute atomic E-state index is 0.0795. The molecule has 1 aliphatic rings. The van der Waals surface area contributed by atoms with Crippen LogP contribution in [0.5, 0.6) is 0 Å². The fourth-order valence-corrected chi connectivity index (χ4v) is 3.39. The Kier molecular flexibility index (Phi) is 3.28. The van der Waals surface area contributed by atoms with E-state index in [-0.39, 0.29) is 22.5 Å². The highest BCUT2D eigenvalue weighted by atomic mass is 32.2. The second kappa shape index (κ2) is 4.99. The van der Waals surface area contributed by atoms with Crippen LogP contribution in [-0.4, -0.2) is 53.9 Å². The predicted octanol–water partition coefficient (Wildman–Crippen LogP) is 0.431. The summed E-state index contributed by atoms with van der Waals surface area (Å²) in [6.45, 7) is 0.955. The molecule has 0 saturated carbocycles. The molecule has 1 saturated heterocycles. The molecule has 0 radical (unpaired) electrons. The molecule has 2 aromatic rings. The maximum Gasteiger partial charge on any atom is 0.292 e. The number of sulfone groups is 1. The molecule has 0 aromatic carbocycles. The summed E-state index contributed by atoms with van der Waals surface area (Å²) in [5, 5.41) is 10.1. The molecular weight excluding hydrogens is 296 g/mol. The summed E-state index contributed by atoms with van der Waals surface area (Å²) < 4.78 is 28.3. The summed E-state index contributed by atoms with van der Waals surface area (Å²) in [7, 11) is -3.33. The van der Waals surface area contributed by atoms with Crippen molar-refractivity contribution >= 4 is 15.7 Å². The van der Waals surface area contributed by atoms with E-state index in [4.69, 9.17) is 4.52 Å². The Bertz CT molecular complexity index is 750. The molecule has 1 N–H and O–H groups in total. The van der Waals surface area contributed by atoms with E-state index in [1.807, 2.05) is 0 Å². The largest absolute Gasteiger partial charge is 0.351 e. The molecule has 9 heteroatoms. The van der Waals surface area contributed by atoms with Crippen molar-refractivity contribution in [3.8, 4) is 0 Å². The maximum absolute atomic E-state index is 12.2. The Morgan fingerprint density at radius 1 is 1.52 bits per heavy atom. The van der Waals surface area contributed by atoms with Crippen molar-refractivity contribution in [2.24, 2.45) is 0 Å². The molecule has 3 rings (SSSR count). The van der Waals surface area contributed by atoms with Gasteiger partial charge in [0.05, 0.1) is 18.1 Å². The molecule has 0 unspecified atom stereocenters. The zero-order valence-electron chi connectivity index (χ0n) is 11.3. The van der Waals surface area contributed by atoms with Crippen LogP contribution in [0, 0.1) is 0 Å². The minimum Gasteiger partial charge on any atom is -0.351 e. The zero-order chi connectivity index (χ0) is 15.0. The van der Waals surface area contributed by atoms with Gasteiger partial charge in [-0.3, -0.25) is 9.89 Å². The molecule has 1 amide bonds. The van der Waals surface area contributed by atoms with Gasteiger partial charge in [0.2, 0.25) is 5.76 Å². The van der Waals surface area contributed by atoms with Crippen LogP contribution in [0.15, 0.2) is 27.9 Å². The number of nitrogens with zero attached hydrogens (tertiary/aromatic N) is 3. The molecule has 2 aromatic heterocycles. The van der Waals surface area contributed by atoms with E-state index in [1.54, 1.807) is 4.90 Å². The summed E-state index contributed by atoms with van der Waals surface area (Å²) >= 11 is 0. The van der Waals surface area contributed by atoms with Crippen LogP contribution in [0.1, 0.15) is 28.6 Å². The fourth-order valence-electron chi connectivity index (χ4n) is 2.54. The van der Waals surface area contributed by atoms with E-state index in [9.17, 15) is 13.2 Å². The second-order valence-electron chi connectivity index (χ2n) is 5.03. The summed E-state index contributed by atoms with van der Waals surface area (Å²) in [5.41, 5.74) is 0.561. The maximum atomic E-state index is 12.2. The van der Waals surface area contributed by atoms with E-state index in [2.05, 4.69) is 15.4 Å². The number of carbonyl (C=O) groups is 1. The minimum atomic E-state index is -3.33. The molecule has 1 aliphatic heterocycles. The number of aromatic amines is 1. The van der Waals surface area contributed by atoms with Crippen molar-refractivity contribution in [1.29, 1.82) is 0 Å². The van der Waals surface area contributed by atoms with E-state index < -0.39 is 9.84 Å². The van der Waals surface area contributed by atoms with Gasteiger partial charge in [-0.2, -0.15) is 5.10 Å². The van der Waals surface area contributed by atoms with Crippen LogP contribution in [0.2, 0.25) is 0 Å². The lowest BCUT2D eigenvalue weighted by molar-refractivity contribution is 0.0749. The molecule has 1 atom stereocenters. The monoisotopic (exact) mass is 310 g/mol. The standard InChI is InChI=1S/C12H14N4O4S/c1-21(18,19)10-6-13-15-11(10)8-3-5-16(7-8)12(17)9-2-4-14-20-9/h2,4,6,8H,3,5,7H2,1H3,(H,13,15)/t8-/m0/s1. The van der Waals surface area contributed by atoms with Gasteiger partial charge in [-0.05, 0) is 6.42 Å². The van der Waals surface area contributed by atoms with Crippen molar-refractivity contribution in [2.75, 3.05) is 19.3 Å². The van der Waals surface area contributed by atoms with Gasteiger partial charge in [0, 0.05) is 31.3 Å². The Morgan fingerprint density at radius 2 is 2.33 bits per heavy atom. The number of rotatable bonds is 3. The van der Waals surface area contributed by atoms with Gasteiger partial charge in [-0.15, -0.1) is 0 Å². The highest BCUT2D eigenvalue weighted by Crippen LogP contribution is 2.30. The number of amides is 1. The van der Waals surface area contributed by atoms with E-state index in [1.165, 1.54) is 18.5 Å². The second-order valence-corrected chi connectivity index (χ2v) is 7.02. The van der Waals surface area contributed by atoms with Gasteiger partial charge in [0.15, 0.2) is 9.84 Å². The van der Waals surface area contributed by atoms with Crippen LogP contribution >= 0.6 is 0 Å². The van der Waals surface area contributed by atoms with Crippen molar-refractivity contribution in [3.63, 3.8) is 0 Å². The first kappa shape index (κ1) is 13.8. The Balaban J connectivity index is 1.79. The van der Waals surface area contributed by atoms with E-state index in [0.29, 0.717) is 25.2 Å². The molecule has 0 bridgehead atoms. The van der Waals surface area contributed by atoms with Gasteiger partial charge >= 0.3 is 0 Å². The molecule has 112 valence electrons. The smallest absolute Gasteiger partial charge is 0.292 e. The van der Waals surface area contributed by atoms with Gasteiger partial charge in [0.25, 0.3) is 5.91 Å². The predicted molar refractivity (Wildman–Crippen MR) is 71.5 cm³/mol. The van der Waals surface area contributed by atoms with Gasteiger partial charge in [-0.1, -0.05) is 5.16 Å². The number of carbonyl (C=O) groups excluding carboxylic acids is 1. The highest BCUT2D eigenvalue weighted by molar-refractivity contribution is 7.90. The third-order valence-electron chi connectivity index (χ3n) is 3.56. The molecule has 0 spiro atoms. The summed E-state index contributed by atoms with van der Waals surface area (Å²) in [5.74, 6) is -0.136. The first-order valence-corrected chi connectivity index (χ1v) is 8.29. The van der Waals surface area contributed by atoms with Gasteiger partial charge in [-0.25, -0.2) is 8.42 Å². The third kappa shape index (κ3) is 2.56. The van der Waals surface area contributed by atoms with E-state index >= 15 is 0 Å². The average Bonchev–Trinajstić information content (AvgIpc) is 3.16. The summed E-state index contributed by atoms with van der Waals surface area (Å²) in [6, 6.07) is 1.51. The van der Waals surface area contributed by atoms with Crippen LogP contribution in [0.25, 0.3) is 0 Å². The van der Waals surface area contributed by atoms with Gasteiger partial charge in [0.1, 0.15) is 4.90 Å². The number of H-pyrrole nitrogens is 1. The molecule has 0 aliphatic carbocycles. The lowest BCUT2D eigenvalue weighted by Crippen LogP contribution is -2.28. The quantitative estimate of drug-likeness (QED) is 0.880. The number of aromatic nitrogens is 3. The molecule has 8 nitrogen and oxygen atoms in total. The SMILES string of the molecule is CS(=O)(=O)c1cn[nH]c1[C@H]1CCN(C(=O)c2ccno2)C1. The first-order chi connectivity index (χ1) is 9.97. The summed E-state index contributed by atoms with van der Waals surface area (Å²) in [4.78, 5) is 14.0.